The van der Waals surface area contributed by atoms with E-state index in [1.165, 1.54) is 18.7 Å². The molecule has 0 amide bonds. The molecule has 29 heavy (non-hydrogen) atoms. The second-order valence-electron chi connectivity index (χ2n) is 7.26. The second-order valence-corrected chi connectivity index (χ2v) is 8.94. The van der Waals surface area contributed by atoms with Crippen molar-refractivity contribution in [2.75, 3.05) is 22.7 Å². The van der Waals surface area contributed by atoms with Gasteiger partial charge in [0.1, 0.15) is 11.4 Å². The van der Waals surface area contributed by atoms with Gasteiger partial charge < -0.3 is 10.0 Å². The number of aromatic nitrogens is 1. The molecule has 0 radical (unpaired) electrons. The van der Waals surface area contributed by atoms with Gasteiger partial charge in [0.2, 0.25) is 0 Å². The molecule has 3 rings (SSSR count). The van der Waals surface area contributed by atoms with Crippen LogP contribution in [0.3, 0.4) is 0 Å². The highest BCUT2D eigenvalue weighted by molar-refractivity contribution is 7.92. The number of anilines is 2. The molecule has 0 unspecified atom stereocenters. The lowest BCUT2D eigenvalue weighted by Crippen LogP contribution is -2.29. The Morgan fingerprint density at radius 3 is 2.31 bits per heavy atom. The molecular formula is C21H27N3O4S. The number of nitrogens with zero attached hydrogens (tertiary/aromatic N) is 2. The van der Waals surface area contributed by atoms with E-state index in [9.17, 15) is 18.3 Å². The molecule has 2 heterocycles. The van der Waals surface area contributed by atoms with Crippen LogP contribution in [-0.4, -0.2) is 37.6 Å². The van der Waals surface area contributed by atoms with Crippen molar-refractivity contribution >= 4 is 27.5 Å². The lowest BCUT2D eigenvalue weighted by molar-refractivity contribution is 0.0697. The Morgan fingerprint density at radius 2 is 1.72 bits per heavy atom. The number of hydrogen-bond acceptors (Lipinski definition) is 5. The molecule has 0 aliphatic carbocycles. The number of carbonyl (C=O) groups is 1. The third kappa shape index (κ3) is 5.26. The van der Waals surface area contributed by atoms with Crippen LogP contribution in [0.15, 0.2) is 41.4 Å². The van der Waals surface area contributed by atoms with E-state index in [0.29, 0.717) is 5.82 Å². The van der Waals surface area contributed by atoms with Crippen LogP contribution in [0.5, 0.6) is 0 Å². The van der Waals surface area contributed by atoms with Crippen LogP contribution in [0.2, 0.25) is 0 Å². The standard InChI is InChI=1S/C21H27N3O4S/c1-2-16-8-10-18(11-9-16)29(27,28)23-17-14-19(21(25)26)20(22-15-17)24-12-6-4-3-5-7-13-24/h8-11,14-15,23H,2-7,12-13H2,1H3,(H,25,26). The quantitative estimate of drug-likeness (QED) is 0.739. The van der Waals surface area contributed by atoms with Crippen LogP contribution < -0.4 is 9.62 Å². The average molecular weight is 418 g/mol. The molecular weight excluding hydrogens is 390 g/mol. The van der Waals surface area contributed by atoms with E-state index >= 15 is 0 Å². The molecule has 0 spiro atoms. The Labute approximate surface area is 171 Å². The molecule has 1 aliphatic rings. The third-order valence-corrected chi connectivity index (χ3v) is 6.54. The summed E-state index contributed by atoms with van der Waals surface area (Å²) in [6, 6.07) is 7.96. The van der Waals surface area contributed by atoms with E-state index in [0.717, 1.165) is 50.8 Å². The number of carboxylic acids is 1. The number of aromatic carboxylic acids is 1. The normalized spacial score (nSPS) is 15.4. The van der Waals surface area contributed by atoms with Crippen molar-refractivity contribution in [3.8, 4) is 0 Å². The highest BCUT2D eigenvalue weighted by Gasteiger charge is 2.21. The fourth-order valence-corrected chi connectivity index (χ4v) is 4.53. The highest BCUT2D eigenvalue weighted by Crippen LogP contribution is 2.25. The molecule has 1 aromatic carbocycles. The number of sulfonamides is 1. The van der Waals surface area contributed by atoms with Gasteiger partial charge in [0, 0.05) is 13.1 Å². The van der Waals surface area contributed by atoms with Crippen molar-refractivity contribution in [2.24, 2.45) is 0 Å². The smallest absolute Gasteiger partial charge is 0.339 e. The minimum absolute atomic E-state index is 0.00658. The average Bonchev–Trinajstić information content (AvgIpc) is 2.68. The second kappa shape index (κ2) is 9.26. The zero-order valence-electron chi connectivity index (χ0n) is 16.6. The summed E-state index contributed by atoms with van der Waals surface area (Å²) >= 11 is 0. The van der Waals surface area contributed by atoms with E-state index in [-0.39, 0.29) is 16.1 Å². The highest BCUT2D eigenvalue weighted by atomic mass is 32.2. The predicted molar refractivity (Wildman–Crippen MR) is 113 cm³/mol. The van der Waals surface area contributed by atoms with Gasteiger partial charge in [-0.1, -0.05) is 38.3 Å². The molecule has 2 aromatic rings. The van der Waals surface area contributed by atoms with E-state index in [2.05, 4.69) is 9.71 Å². The van der Waals surface area contributed by atoms with Crippen LogP contribution in [0.1, 0.15) is 54.9 Å². The van der Waals surface area contributed by atoms with E-state index in [1.54, 1.807) is 24.3 Å². The van der Waals surface area contributed by atoms with Gasteiger partial charge in [0.05, 0.1) is 16.8 Å². The molecule has 0 bridgehead atoms. The maximum atomic E-state index is 12.7. The zero-order chi connectivity index (χ0) is 20.9. The molecule has 1 aliphatic heterocycles. The first-order valence-corrected chi connectivity index (χ1v) is 11.5. The monoisotopic (exact) mass is 417 g/mol. The molecule has 1 saturated heterocycles. The zero-order valence-corrected chi connectivity index (χ0v) is 17.4. The van der Waals surface area contributed by atoms with Gasteiger partial charge in [0.25, 0.3) is 10.0 Å². The Kier molecular flexibility index (Phi) is 6.74. The Bertz CT molecular complexity index is 950. The van der Waals surface area contributed by atoms with Crippen molar-refractivity contribution in [1.29, 1.82) is 0 Å². The molecule has 0 atom stereocenters. The van der Waals surface area contributed by atoms with Crippen LogP contribution in [0, 0.1) is 0 Å². The first kappa shape index (κ1) is 21.1. The summed E-state index contributed by atoms with van der Waals surface area (Å²) in [5, 5.41) is 9.68. The van der Waals surface area contributed by atoms with Gasteiger partial charge in [-0.25, -0.2) is 18.2 Å². The van der Waals surface area contributed by atoms with Crippen LogP contribution in [0.4, 0.5) is 11.5 Å². The first-order valence-electron chi connectivity index (χ1n) is 10.0. The largest absolute Gasteiger partial charge is 0.478 e. The number of aryl methyl sites for hydroxylation is 1. The summed E-state index contributed by atoms with van der Waals surface area (Å²) in [6.07, 6.45) is 7.62. The summed E-state index contributed by atoms with van der Waals surface area (Å²) in [4.78, 5) is 18.3. The molecule has 1 fully saturated rings. The van der Waals surface area contributed by atoms with E-state index < -0.39 is 16.0 Å². The van der Waals surface area contributed by atoms with E-state index in [1.807, 2.05) is 11.8 Å². The molecule has 156 valence electrons. The van der Waals surface area contributed by atoms with Crippen molar-refractivity contribution in [3.05, 3.63) is 47.7 Å². The number of nitrogens with one attached hydrogen (secondary N) is 1. The fraction of sp³-hybridized carbons (Fsp3) is 0.429. The number of carboxylic acid groups (broad SMARTS) is 1. The Hall–Kier alpha value is -2.61. The van der Waals surface area contributed by atoms with E-state index in [4.69, 9.17) is 0 Å². The molecule has 1 aromatic heterocycles. The minimum Gasteiger partial charge on any atom is -0.478 e. The lowest BCUT2D eigenvalue weighted by atomic mass is 10.1. The van der Waals surface area contributed by atoms with Gasteiger partial charge in [-0.2, -0.15) is 0 Å². The summed E-state index contributed by atoms with van der Waals surface area (Å²) in [7, 11) is -3.83. The topological polar surface area (TPSA) is 99.6 Å². The van der Waals surface area contributed by atoms with Crippen LogP contribution >= 0.6 is 0 Å². The number of hydrogen-bond donors (Lipinski definition) is 2. The number of rotatable bonds is 6. The Balaban J connectivity index is 1.86. The fourth-order valence-electron chi connectivity index (χ4n) is 3.50. The summed E-state index contributed by atoms with van der Waals surface area (Å²) in [6.45, 7) is 3.50. The van der Waals surface area contributed by atoms with Gasteiger partial charge >= 0.3 is 5.97 Å². The van der Waals surface area contributed by atoms with Gasteiger partial charge in [0.15, 0.2) is 0 Å². The lowest BCUT2D eigenvalue weighted by Gasteiger charge is -2.27. The summed E-state index contributed by atoms with van der Waals surface area (Å²) in [5.74, 6) is -0.724. The molecule has 2 N–H and O–H groups in total. The van der Waals surface area contributed by atoms with Crippen molar-refractivity contribution < 1.29 is 18.3 Å². The SMILES string of the molecule is CCc1ccc(S(=O)(=O)Nc2cnc(N3CCCCCCC3)c(C(=O)O)c2)cc1. The van der Waals surface area contributed by atoms with Crippen molar-refractivity contribution in [1.82, 2.24) is 4.98 Å². The van der Waals surface area contributed by atoms with Crippen molar-refractivity contribution in [2.45, 2.75) is 50.3 Å². The Morgan fingerprint density at radius 1 is 1.10 bits per heavy atom. The van der Waals surface area contributed by atoms with Gasteiger partial charge in [-0.15, -0.1) is 0 Å². The molecule has 0 saturated carbocycles. The summed E-state index contributed by atoms with van der Waals surface area (Å²) < 4.78 is 27.8. The minimum atomic E-state index is -3.83. The van der Waals surface area contributed by atoms with Crippen LogP contribution in [-0.2, 0) is 16.4 Å². The van der Waals surface area contributed by atoms with Gasteiger partial charge in [-0.05, 0) is 43.0 Å². The maximum absolute atomic E-state index is 12.7. The summed E-state index contributed by atoms with van der Waals surface area (Å²) in [5.41, 5.74) is 1.18. The molecule has 8 heteroatoms. The number of benzene rings is 1. The predicted octanol–water partition coefficient (Wildman–Crippen LogP) is 3.91. The van der Waals surface area contributed by atoms with Crippen molar-refractivity contribution in [3.63, 3.8) is 0 Å². The third-order valence-electron chi connectivity index (χ3n) is 5.15. The first-order chi connectivity index (χ1) is 13.9. The maximum Gasteiger partial charge on any atom is 0.339 e. The van der Waals surface area contributed by atoms with Gasteiger partial charge in [-0.3, -0.25) is 4.72 Å². The van der Waals surface area contributed by atoms with Crippen LogP contribution in [0.25, 0.3) is 0 Å². The molecule has 7 nitrogen and oxygen atoms in total. The number of pyridine rings is 1.